The highest BCUT2D eigenvalue weighted by Gasteiger charge is 2.21. The van der Waals surface area contributed by atoms with E-state index in [1.165, 1.54) is 44.1 Å². The zero-order valence-corrected chi connectivity index (χ0v) is 13.9. The Morgan fingerprint density at radius 1 is 1.19 bits per heavy atom. The summed E-state index contributed by atoms with van der Waals surface area (Å²) in [6, 6.07) is 9.01. The van der Waals surface area contributed by atoms with Crippen LogP contribution in [0, 0.1) is 5.92 Å². The van der Waals surface area contributed by atoms with Crippen LogP contribution in [0.4, 0.5) is 0 Å². The Hall–Kier alpha value is -1.02. The SMILES string of the molecule is CCCNC(C)c1cccc(OC2CCC(CC)CC2)c1. The molecule has 2 rings (SSSR count). The van der Waals surface area contributed by atoms with E-state index in [1.807, 2.05) is 0 Å². The minimum atomic E-state index is 0.393. The van der Waals surface area contributed by atoms with E-state index < -0.39 is 0 Å². The van der Waals surface area contributed by atoms with E-state index in [2.05, 4.69) is 50.4 Å². The van der Waals surface area contributed by atoms with Crippen molar-refractivity contribution in [1.82, 2.24) is 5.32 Å². The smallest absolute Gasteiger partial charge is 0.120 e. The standard InChI is InChI=1S/C19H31NO/c1-4-13-20-15(3)17-7-6-8-19(14-17)21-18-11-9-16(5-2)10-12-18/h6-8,14-16,18,20H,4-5,9-13H2,1-3H3. The first-order valence-corrected chi connectivity index (χ1v) is 8.72. The van der Waals surface area contributed by atoms with E-state index in [1.54, 1.807) is 0 Å². The fraction of sp³-hybridized carbons (Fsp3) is 0.684. The Morgan fingerprint density at radius 3 is 2.62 bits per heavy atom. The second-order valence-corrected chi connectivity index (χ2v) is 6.42. The zero-order valence-electron chi connectivity index (χ0n) is 13.9. The van der Waals surface area contributed by atoms with Crippen LogP contribution in [0.2, 0.25) is 0 Å². The summed E-state index contributed by atoms with van der Waals surface area (Å²) in [5.74, 6) is 1.96. The lowest BCUT2D eigenvalue weighted by Crippen LogP contribution is -2.24. The zero-order chi connectivity index (χ0) is 15.1. The minimum Gasteiger partial charge on any atom is -0.490 e. The first-order chi connectivity index (χ1) is 10.2. The van der Waals surface area contributed by atoms with Crippen molar-refractivity contribution in [3.05, 3.63) is 29.8 Å². The number of hydrogen-bond acceptors (Lipinski definition) is 2. The summed E-state index contributed by atoms with van der Waals surface area (Å²) < 4.78 is 6.22. The highest BCUT2D eigenvalue weighted by molar-refractivity contribution is 5.30. The Labute approximate surface area is 130 Å². The van der Waals surface area contributed by atoms with Crippen LogP contribution in [0.15, 0.2) is 24.3 Å². The third kappa shape index (κ3) is 5.03. The number of ether oxygens (including phenoxy) is 1. The van der Waals surface area contributed by atoms with Gasteiger partial charge in [0.2, 0.25) is 0 Å². The summed E-state index contributed by atoms with van der Waals surface area (Å²) in [4.78, 5) is 0. The van der Waals surface area contributed by atoms with Crippen LogP contribution in [0.5, 0.6) is 5.75 Å². The Balaban J connectivity index is 1.89. The molecule has 0 radical (unpaired) electrons. The van der Waals surface area contributed by atoms with Crippen LogP contribution in [0.1, 0.15) is 70.9 Å². The van der Waals surface area contributed by atoms with Gasteiger partial charge in [0, 0.05) is 6.04 Å². The van der Waals surface area contributed by atoms with Crippen LogP contribution >= 0.6 is 0 Å². The molecule has 1 aliphatic rings. The van der Waals surface area contributed by atoms with Crippen molar-refractivity contribution >= 4 is 0 Å². The molecule has 0 saturated heterocycles. The van der Waals surface area contributed by atoms with Gasteiger partial charge in [-0.25, -0.2) is 0 Å². The van der Waals surface area contributed by atoms with Gasteiger partial charge in [0.05, 0.1) is 6.10 Å². The molecule has 0 amide bonds. The van der Waals surface area contributed by atoms with E-state index in [4.69, 9.17) is 4.74 Å². The number of benzene rings is 1. The molecule has 0 heterocycles. The molecular formula is C19H31NO. The van der Waals surface area contributed by atoms with Gasteiger partial charge in [0.15, 0.2) is 0 Å². The number of hydrogen-bond donors (Lipinski definition) is 1. The summed E-state index contributed by atoms with van der Waals surface area (Å²) in [6.45, 7) is 7.79. The normalized spacial score (nSPS) is 23.8. The molecule has 1 aliphatic carbocycles. The van der Waals surface area contributed by atoms with Gasteiger partial charge in [-0.2, -0.15) is 0 Å². The van der Waals surface area contributed by atoms with Gasteiger partial charge in [0.1, 0.15) is 5.75 Å². The van der Waals surface area contributed by atoms with Crippen molar-refractivity contribution in [2.75, 3.05) is 6.54 Å². The van der Waals surface area contributed by atoms with Crippen molar-refractivity contribution in [3.63, 3.8) is 0 Å². The number of rotatable bonds is 7. The Kier molecular flexibility index (Phi) is 6.56. The fourth-order valence-corrected chi connectivity index (χ4v) is 3.19. The lowest BCUT2D eigenvalue weighted by molar-refractivity contribution is 0.130. The second-order valence-electron chi connectivity index (χ2n) is 6.42. The summed E-state index contributed by atoms with van der Waals surface area (Å²) in [7, 11) is 0. The van der Waals surface area contributed by atoms with Gasteiger partial charge < -0.3 is 10.1 Å². The fourth-order valence-electron chi connectivity index (χ4n) is 3.19. The molecular weight excluding hydrogens is 258 g/mol. The molecule has 2 nitrogen and oxygen atoms in total. The van der Waals surface area contributed by atoms with E-state index in [0.717, 1.165) is 18.2 Å². The van der Waals surface area contributed by atoms with Gasteiger partial charge in [0.25, 0.3) is 0 Å². The van der Waals surface area contributed by atoms with Crippen LogP contribution < -0.4 is 10.1 Å². The largest absolute Gasteiger partial charge is 0.490 e. The Morgan fingerprint density at radius 2 is 1.95 bits per heavy atom. The second kappa shape index (κ2) is 8.43. The van der Waals surface area contributed by atoms with Crippen molar-refractivity contribution in [3.8, 4) is 5.75 Å². The molecule has 0 aromatic heterocycles. The lowest BCUT2D eigenvalue weighted by Gasteiger charge is -2.28. The summed E-state index contributed by atoms with van der Waals surface area (Å²) in [5.41, 5.74) is 1.32. The lowest BCUT2D eigenvalue weighted by atomic mass is 9.86. The van der Waals surface area contributed by atoms with E-state index in [9.17, 15) is 0 Å². The third-order valence-corrected chi connectivity index (χ3v) is 4.73. The summed E-state index contributed by atoms with van der Waals surface area (Å²) in [5, 5.41) is 3.54. The van der Waals surface area contributed by atoms with Crippen molar-refractivity contribution in [2.24, 2.45) is 5.92 Å². The molecule has 118 valence electrons. The molecule has 0 spiro atoms. The molecule has 21 heavy (non-hydrogen) atoms. The summed E-state index contributed by atoms with van der Waals surface area (Å²) in [6.07, 6.45) is 8.00. The molecule has 2 heteroatoms. The average molecular weight is 289 g/mol. The highest BCUT2D eigenvalue weighted by Crippen LogP contribution is 2.30. The highest BCUT2D eigenvalue weighted by atomic mass is 16.5. The maximum Gasteiger partial charge on any atom is 0.120 e. The van der Waals surface area contributed by atoms with E-state index in [-0.39, 0.29) is 0 Å². The first-order valence-electron chi connectivity index (χ1n) is 8.72. The van der Waals surface area contributed by atoms with Gasteiger partial charge >= 0.3 is 0 Å². The van der Waals surface area contributed by atoms with Gasteiger partial charge in [-0.05, 0) is 69.2 Å². The predicted molar refractivity (Wildman–Crippen MR) is 89.8 cm³/mol. The van der Waals surface area contributed by atoms with Crippen molar-refractivity contribution in [1.29, 1.82) is 0 Å². The monoisotopic (exact) mass is 289 g/mol. The van der Waals surface area contributed by atoms with Crippen molar-refractivity contribution in [2.45, 2.75) is 71.4 Å². The van der Waals surface area contributed by atoms with E-state index >= 15 is 0 Å². The quantitative estimate of drug-likeness (QED) is 0.754. The predicted octanol–water partition coefficient (Wildman–Crippen LogP) is 5.09. The Bertz CT molecular complexity index is 410. The molecule has 1 saturated carbocycles. The van der Waals surface area contributed by atoms with Gasteiger partial charge in [-0.1, -0.05) is 32.4 Å². The maximum atomic E-state index is 6.22. The molecule has 1 aromatic carbocycles. The van der Waals surface area contributed by atoms with Gasteiger partial charge in [-0.15, -0.1) is 0 Å². The maximum absolute atomic E-state index is 6.22. The molecule has 0 bridgehead atoms. The number of nitrogens with one attached hydrogen (secondary N) is 1. The van der Waals surface area contributed by atoms with Crippen LogP contribution in [-0.4, -0.2) is 12.6 Å². The summed E-state index contributed by atoms with van der Waals surface area (Å²) >= 11 is 0. The minimum absolute atomic E-state index is 0.393. The van der Waals surface area contributed by atoms with Gasteiger partial charge in [-0.3, -0.25) is 0 Å². The topological polar surface area (TPSA) is 21.3 Å². The average Bonchev–Trinajstić information content (AvgIpc) is 2.53. The van der Waals surface area contributed by atoms with Crippen molar-refractivity contribution < 1.29 is 4.74 Å². The molecule has 1 N–H and O–H groups in total. The molecule has 1 aromatic rings. The van der Waals surface area contributed by atoms with E-state index in [0.29, 0.717) is 12.1 Å². The van der Waals surface area contributed by atoms with Crippen LogP contribution in [-0.2, 0) is 0 Å². The van der Waals surface area contributed by atoms with Crippen LogP contribution in [0.25, 0.3) is 0 Å². The van der Waals surface area contributed by atoms with Crippen LogP contribution in [0.3, 0.4) is 0 Å². The first kappa shape index (κ1) is 16.4. The molecule has 1 unspecified atom stereocenters. The molecule has 0 aliphatic heterocycles. The third-order valence-electron chi connectivity index (χ3n) is 4.73. The molecule has 1 fully saturated rings. The molecule has 1 atom stereocenters.